The number of hydrogen-bond acceptors (Lipinski definition) is 8. The van der Waals surface area contributed by atoms with E-state index in [1.807, 2.05) is 0 Å². The summed E-state index contributed by atoms with van der Waals surface area (Å²) in [5.41, 5.74) is 0.290. The van der Waals surface area contributed by atoms with E-state index in [0.29, 0.717) is 11.3 Å². The molecule has 3 aliphatic rings. The van der Waals surface area contributed by atoms with Crippen LogP contribution in [0.1, 0.15) is 23.2 Å². The Labute approximate surface area is 213 Å². The molecule has 0 aromatic heterocycles. The van der Waals surface area contributed by atoms with Gasteiger partial charge in [-0.25, -0.2) is 9.59 Å². The van der Waals surface area contributed by atoms with Crippen molar-refractivity contribution in [2.24, 2.45) is 0 Å². The molecule has 0 radical (unpaired) electrons. The van der Waals surface area contributed by atoms with Crippen LogP contribution in [0, 0.1) is 10.7 Å². The number of benzene rings is 1. The van der Waals surface area contributed by atoms with E-state index in [0.717, 1.165) is 10.7 Å². The Bertz CT molecular complexity index is 1080. The first-order valence-corrected chi connectivity index (χ1v) is 13.7. The first-order chi connectivity index (χ1) is 13.8. The van der Waals surface area contributed by atoms with Gasteiger partial charge in [0.2, 0.25) is 0 Å². The number of carbonyl (C=O) groups is 2. The number of esters is 2. The Balaban J connectivity index is 1.55. The van der Waals surface area contributed by atoms with Gasteiger partial charge in [-0.15, -0.1) is 11.8 Å². The summed E-state index contributed by atoms with van der Waals surface area (Å²) < 4.78 is 75.9. The monoisotopic (exact) mass is 800 g/mol. The predicted octanol–water partition coefficient (Wildman–Crippen LogP) is 3.42. The van der Waals surface area contributed by atoms with Gasteiger partial charge in [-0.3, -0.25) is 4.55 Å². The average Bonchev–Trinajstić information content (AvgIpc) is 3.17. The lowest BCUT2D eigenvalue weighted by atomic mass is 9.90. The molecule has 2 saturated heterocycles. The maximum absolute atomic E-state index is 13.5. The summed E-state index contributed by atoms with van der Waals surface area (Å²) in [5.74, 6) is -3.86. The molecule has 1 aromatic rings. The van der Waals surface area contributed by atoms with Gasteiger partial charge in [0, 0.05) is 25.2 Å². The van der Waals surface area contributed by atoms with Gasteiger partial charge < -0.3 is 14.2 Å². The van der Waals surface area contributed by atoms with Gasteiger partial charge in [0.05, 0.1) is 8.82 Å². The molecular formula is C15H9F2I3O8S2. The Morgan fingerprint density at radius 2 is 1.97 bits per heavy atom. The third kappa shape index (κ3) is 3.61. The second kappa shape index (κ2) is 7.66. The highest BCUT2D eigenvalue weighted by molar-refractivity contribution is 14.1. The van der Waals surface area contributed by atoms with Gasteiger partial charge >= 0.3 is 27.3 Å². The van der Waals surface area contributed by atoms with Gasteiger partial charge in [0.15, 0.2) is 5.75 Å². The summed E-state index contributed by atoms with van der Waals surface area (Å²) in [5, 5.41) is -6.12. The molecule has 2 bridgehead atoms. The van der Waals surface area contributed by atoms with Gasteiger partial charge in [-0.05, 0) is 73.8 Å². The molecule has 8 nitrogen and oxygen atoms in total. The van der Waals surface area contributed by atoms with Crippen LogP contribution in [0.4, 0.5) is 8.78 Å². The summed E-state index contributed by atoms with van der Waals surface area (Å²) >= 11 is 7.56. The zero-order valence-corrected chi connectivity index (χ0v) is 22.3. The maximum Gasteiger partial charge on any atom is 0.465 e. The summed E-state index contributed by atoms with van der Waals surface area (Å²) in [6.45, 7) is 0. The van der Waals surface area contributed by atoms with Crippen molar-refractivity contribution in [2.45, 2.75) is 40.5 Å². The molecule has 4 unspecified atom stereocenters. The highest BCUT2D eigenvalue weighted by Gasteiger charge is 2.65. The quantitative estimate of drug-likeness (QED) is 0.213. The third-order valence-corrected chi connectivity index (χ3v) is 12.5. The van der Waals surface area contributed by atoms with E-state index in [4.69, 9.17) is 14.0 Å². The number of rotatable bonds is 3. The van der Waals surface area contributed by atoms with Gasteiger partial charge in [0.25, 0.3) is 5.79 Å². The Morgan fingerprint density at radius 3 is 2.53 bits per heavy atom. The van der Waals surface area contributed by atoms with Crippen molar-refractivity contribution in [1.29, 1.82) is 0 Å². The standard InChI is InChI=1S/C15H9F2I3O8S2/c16-15(17,30(23,24)25)13(22)26-6-2-8-14(3-7(6)29-8)27-11-4(12(21)28-14)1-5(18)9(19)10(11)20/h1,6-8H,2-3H2,(H,23,24,25). The molecule has 3 aliphatic heterocycles. The van der Waals surface area contributed by atoms with Crippen molar-refractivity contribution in [3.63, 3.8) is 0 Å². The lowest BCUT2D eigenvalue weighted by molar-refractivity contribution is -0.185. The number of alkyl halides is 2. The molecule has 0 amide bonds. The predicted molar refractivity (Wildman–Crippen MR) is 124 cm³/mol. The molecule has 0 saturated carbocycles. The van der Waals surface area contributed by atoms with Crippen molar-refractivity contribution in [3.8, 4) is 5.75 Å². The van der Waals surface area contributed by atoms with Crippen molar-refractivity contribution in [3.05, 3.63) is 22.3 Å². The minimum atomic E-state index is -5.95. The number of ether oxygens (including phenoxy) is 3. The largest absolute Gasteiger partial charge is 0.465 e. The molecule has 3 heterocycles. The molecule has 1 N–H and O–H groups in total. The van der Waals surface area contributed by atoms with E-state index in [1.165, 1.54) is 11.8 Å². The van der Waals surface area contributed by atoms with Crippen LogP contribution in [0.2, 0.25) is 0 Å². The summed E-state index contributed by atoms with van der Waals surface area (Å²) in [6, 6.07) is 1.66. The van der Waals surface area contributed by atoms with Gasteiger partial charge in [-0.1, -0.05) is 0 Å². The van der Waals surface area contributed by atoms with Crippen molar-refractivity contribution >= 4 is 102 Å². The smallest absolute Gasteiger partial charge is 0.456 e. The van der Waals surface area contributed by atoms with Gasteiger partial charge in [-0.2, -0.15) is 17.2 Å². The number of carbonyl (C=O) groups excluding carboxylic acids is 2. The van der Waals surface area contributed by atoms with Crippen LogP contribution >= 0.6 is 79.5 Å². The van der Waals surface area contributed by atoms with Gasteiger partial charge in [0.1, 0.15) is 11.7 Å². The maximum atomic E-state index is 13.5. The molecule has 2 fully saturated rings. The topological polar surface area (TPSA) is 116 Å². The van der Waals surface area contributed by atoms with Crippen LogP contribution in [-0.4, -0.2) is 52.6 Å². The molecule has 4 atom stereocenters. The van der Waals surface area contributed by atoms with Crippen molar-refractivity contribution in [2.75, 3.05) is 0 Å². The van der Waals surface area contributed by atoms with E-state index in [9.17, 15) is 26.8 Å². The van der Waals surface area contributed by atoms with E-state index >= 15 is 0 Å². The first-order valence-electron chi connectivity index (χ1n) is 8.08. The third-order valence-electron chi connectivity index (χ3n) is 4.87. The lowest BCUT2D eigenvalue weighted by Crippen LogP contribution is -2.54. The number of fused-ring (bicyclic) bond motifs is 4. The molecule has 1 aromatic carbocycles. The molecule has 15 heteroatoms. The molecule has 30 heavy (non-hydrogen) atoms. The lowest BCUT2D eigenvalue weighted by Gasteiger charge is -2.41. The number of halogens is 5. The highest BCUT2D eigenvalue weighted by Crippen LogP contribution is 2.57. The molecule has 4 rings (SSSR count). The minimum Gasteiger partial charge on any atom is -0.456 e. The summed E-state index contributed by atoms with van der Waals surface area (Å²) in [6.07, 6.45) is -0.949. The highest BCUT2D eigenvalue weighted by atomic mass is 127. The molecule has 164 valence electrons. The molecule has 0 aliphatic carbocycles. The number of thioether (sulfide) groups is 1. The van der Waals surface area contributed by atoms with Crippen LogP contribution in [0.5, 0.6) is 5.75 Å². The van der Waals surface area contributed by atoms with Crippen LogP contribution in [0.25, 0.3) is 0 Å². The van der Waals surface area contributed by atoms with Crippen LogP contribution in [-0.2, 0) is 24.4 Å². The Hall–Kier alpha value is 0.270. The second-order valence-corrected chi connectivity index (χ2v) is 12.9. The van der Waals surface area contributed by atoms with E-state index in [-0.39, 0.29) is 12.8 Å². The fourth-order valence-corrected chi connectivity index (χ4v) is 7.72. The van der Waals surface area contributed by atoms with Crippen molar-refractivity contribution < 1.29 is 45.6 Å². The summed E-state index contributed by atoms with van der Waals surface area (Å²) in [7, 11) is -5.95. The SMILES string of the molecule is O=C1OC2(CC3SC2CC3OC(=O)C(F)(F)S(=O)(=O)O)Oc2c1cc(I)c(I)c2I. The second-order valence-electron chi connectivity index (χ2n) is 6.71. The normalized spacial score (nSPS) is 30.1. The van der Waals surface area contributed by atoms with Crippen molar-refractivity contribution in [1.82, 2.24) is 0 Å². The first kappa shape index (κ1) is 23.4. The minimum absolute atomic E-state index is 0.0171. The van der Waals surface area contributed by atoms with E-state index < -0.39 is 49.7 Å². The fraction of sp³-hybridized carbons (Fsp3) is 0.467. The zero-order chi connectivity index (χ0) is 22.2. The average molecular weight is 800 g/mol. The zero-order valence-electron chi connectivity index (χ0n) is 14.2. The van der Waals surface area contributed by atoms with E-state index in [1.54, 1.807) is 6.07 Å². The van der Waals surface area contributed by atoms with Crippen LogP contribution < -0.4 is 4.74 Å². The Kier molecular flexibility index (Phi) is 5.98. The Morgan fingerprint density at radius 1 is 1.30 bits per heavy atom. The summed E-state index contributed by atoms with van der Waals surface area (Å²) in [4.78, 5) is 24.2. The van der Waals surface area contributed by atoms with Crippen LogP contribution in [0.15, 0.2) is 6.07 Å². The number of hydrogen-bond donors (Lipinski definition) is 1. The van der Waals surface area contributed by atoms with Crippen LogP contribution in [0.3, 0.4) is 0 Å². The molecule has 1 spiro atoms. The fourth-order valence-electron chi connectivity index (χ4n) is 3.48. The van der Waals surface area contributed by atoms with E-state index in [2.05, 4.69) is 72.5 Å². The molecular weight excluding hydrogens is 791 g/mol.